The maximum Gasteiger partial charge on any atom is 0.107 e. The molecule has 4 heteroatoms. The third kappa shape index (κ3) is 3.63. The molecule has 3 rings (SSSR count). The third-order valence-electron chi connectivity index (χ3n) is 3.48. The molecule has 0 bridgehead atoms. The van der Waals surface area contributed by atoms with E-state index in [-0.39, 0.29) is 0 Å². The summed E-state index contributed by atoms with van der Waals surface area (Å²) in [5, 5.41) is 4.24. The van der Waals surface area contributed by atoms with Gasteiger partial charge in [0, 0.05) is 18.0 Å². The Kier molecular flexibility index (Phi) is 4.53. The first-order valence-electron chi connectivity index (χ1n) is 7.21. The number of aromatic amines is 1. The summed E-state index contributed by atoms with van der Waals surface area (Å²) in [6.07, 6.45) is 1.99. The van der Waals surface area contributed by atoms with Gasteiger partial charge in [-0.25, -0.2) is 4.98 Å². The van der Waals surface area contributed by atoms with Crippen molar-refractivity contribution >= 4 is 22.6 Å². The smallest absolute Gasteiger partial charge is 0.107 e. The summed E-state index contributed by atoms with van der Waals surface area (Å²) in [5.74, 6) is 1.05. The number of benzene rings is 2. The second kappa shape index (κ2) is 6.74. The molecule has 1 heterocycles. The van der Waals surface area contributed by atoms with Gasteiger partial charge in [-0.3, -0.25) is 0 Å². The molecule has 0 unspecified atom stereocenters. The topological polar surface area (TPSA) is 40.7 Å². The van der Waals surface area contributed by atoms with E-state index in [1.165, 1.54) is 0 Å². The zero-order valence-corrected chi connectivity index (χ0v) is 12.5. The lowest BCUT2D eigenvalue weighted by molar-refractivity contribution is 0.641. The molecule has 0 saturated heterocycles. The molecule has 0 saturated carbocycles. The van der Waals surface area contributed by atoms with Crippen molar-refractivity contribution in [2.45, 2.75) is 19.4 Å². The van der Waals surface area contributed by atoms with Gasteiger partial charge in [-0.15, -0.1) is 0 Å². The number of fused-ring (bicyclic) bond motifs is 1. The summed E-state index contributed by atoms with van der Waals surface area (Å²) in [6, 6.07) is 16.1. The summed E-state index contributed by atoms with van der Waals surface area (Å²) >= 11 is 6.12. The van der Waals surface area contributed by atoms with Gasteiger partial charge in [0.05, 0.1) is 11.0 Å². The highest BCUT2D eigenvalue weighted by Gasteiger charge is 2.02. The molecule has 108 valence electrons. The van der Waals surface area contributed by atoms with E-state index >= 15 is 0 Å². The minimum Gasteiger partial charge on any atom is -0.342 e. The molecule has 0 aliphatic rings. The molecule has 1 aromatic heterocycles. The number of hydrogen-bond donors (Lipinski definition) is 2. The van der Waals surface area contributed by atoms with Crippen LogP contribution in [0.1, 0.15) is 17.8 Å². The summed E-state index contributed by atoms with van der Waals surface area (Å²) in [4.78, 5) is 7.93. The molecule has 3 nitrogen and oxygen atoms in total. The van der Waals surface area contributed by atoms with Crippen LogP contribution >= 0.6 is 11.6 Å². The molecule has 21 heavy (non-hydrogen) atoms. The van der Waals surface area contributed by atoms with Gasteiger partial charge in [0.1, 0.15) is 5.82 Å². The van der Waals surface area contributed by atoms with E-state index in [2.05, 4.69) is 27.4 Å². The van der Waals surface area contributed by atoms with Gasteiger partial charge >= 0.3 is 0 Å². The van der Waals surface area contributed by atoms with E-state index in [0.29, 0.717) is 0 Å². The van der Waals surface area contributed by atoms with Crippen LogP contribution in [0.4, 0.5) is 0 Å². The number of rotatable bonds is 6. The van der Waals surface area contributed by atoms with Crippen molar-refractivity contribution in [3.05, 3.63) is 64.9 Å². The van der Waals surface area contributed by atoms with E-state index in [0.717, 1.165) is 53.4 Å². The molecule has 2 aromatic carbocycles. The first-order valence-corrected chi connectivity index (χ1v) is 7.58. The van der Waals surface area contributed by atoms with Crippen LogP contribution in [0.5, 0.6) is 0 Å². The lowest BCUT2D eigenvalue weighted by atomic mass is 10.2. The van der Waals surface area contributed by atoms with Crippen molar-refractivity contribution in [3.63, 3.8) is 0 Å². The fourth-order valence-electron chi connectivity index (χ4n) is 2.37. The third-order valence-corrected chi connectivity index (χ3v) is 3.85. The number of para-hydroxylation sites is 2. The minimum absolute atomic E-state index is 0.805. The SMILES string of the molecule is Clc1ccccc1CNCCCc1nc2ccccc2[nH]1. The Morgan fingerprint density at radius 2 is 1.86 bits per heavy atom. The number of hydrogen-bond acceptors (Lipinski definition) is 2. The average molecular weight is 300 g/mol. The van der Waals surface area contributed by atoms with Gasteiger partial charge in [0.15, 0.2) is 0 Å². The first kappa shape index (κ1) is 14.1. The van der Waals surface area contributed by atoms with Crippen molar-refractivity contribution in [2.24, 2.45) is 0 Å². The second-order valence-corrected chi connectivity index (χ2v) is 5.48. The molecule has 0 amide bonds. The van der Waals surface area contributed by atoms with Crippen LogP contribution in [-0.2, 0) is 13.0 Å². The summed E-state index contributed by atoms with van der Waals surface area (Å²) in [6.45, 7) is 1.75. The predicted molar refractivity (Wildman–Crippen MR) is 87.6 cm³/mol. The number of nitrogens with one attached hydrogen (secondary N) is 2. The van der Waals surface area contributed by atoms with Crippen LogP contribution in [0.2, 0.25) is 5.02 Å². The minimum atomic E-state index is 0.805. The van der Waals surface area contributed by atoms with E-state index in [1.807, 2.05) is 36.4 Å². The highest BCUT2D eigenvalue weighted by molar-refractivity contribution is 6.31. The Morgan fingerprint density at radius 3 is 2.71 bits per heavy atom. The fourth-order valence-corrected chi connectivity index (χ4v) is 2.57. The van der Waals surface area contributed by atoms with Crippen molar-refractivity contribution < 1.29 is 0 Å². The highest BCUT2D eigenvalue weighted by Crippen LogP contribution is 2.14. The Hall–Kier alpha value is -1.84. The molecule has 0 atom stereocenters. The quantitative estimate of drug-likeness (QED) is 0.677. The molecular formula is C17H18ClN3. The molecule has 3 aromatic rings. The summed E-state index contributed by atoms with van der Waals surface area (Å²) < 4.78 is 0. The lowest BCUT2D eigenvalue weighted by Gasteiger charge is -2.05. The Balaban J connectivity index is 1.45. The van der Waals surface area contributed by atoms with Gasteiger partial charge in [0.25, 0.3) is 0 Å². The number of nitrogens with zero attached hydrogens (tertiary/aromatic N) is 1. The maximum absolute atomic E-state index is 6.12. The fraction of sp³-hybridized carbons (Fsp3) is 0.235. The van der Waals surface area contributed by atoms with Crippen LogP contribution in [0, 0.1) is 0 Å². The monoisotopic (exact) mass is 299 g/mol. The molecule has 0 aliphatic carbocycles. The van der Waals surface area contributed by atoms with Crippen LogP contribution in [0.3, 0.4) is 0 Å². The zero-order valence-electron chi connectivity index (χ0n) is 11.8. The Labute approximate surface area is 129 Å². The van der Waals surface area contributed by atoms with Crippen molar-refractivity contribution in [2.75, 3.05) is 6.54 Å². The molecule has 0 radical (unpaired) electrons. The average Bonchev–Trinajstić information content (AvgIpc) is 2.91. The van der Waals surface area contributed by atoms with E-state index in [9.17, 15) is 0 Å². The standard InChI is InChI=1S/C17H18ClN3/c18-14-7-2-1-6-13(14)12-19-11-5-10-17-20-15-8-3-4-9-16(15)21-17/h1-4,6-9,19H,5,10-12H2,(H,20,21). The molecule has 0 fully saturated rings. The van der Waals surface area contributed by atoms with Gasteiger partial charge in [-0.05, 0) is 36.7 Å². The van der Waals surface area contributed by atoms with Gasteiger partial charge in [0.2, 0.25) is 0 Å². The van der Waals surface area contributed by atoms with E-state index < -0.39 is 0 Å². The van der Waals surface area contributed by atoms with Crippen LogP contribution in [0.15, 0.2) is 48.5 Å². The Bertz CT molecular complexity index is 688. The molecule has 0 spiro atoms. The highest BCUT2D eigenvalue weighted by atomic mass is 35.5. The molecular weight excluding hydrogens is 282 g/mol. The van der Waals surface area contributed by atoms with Gasteiger partial charge in [-0.1, -0.05) is 41.9 Å². The van der Waals surface area contributed by atoms with Crippen molar-refractivity contribution in [1.82, 2.24) is 15.3 Å². The van der Waals surface area contributed by atoms with E-state index in [4.69, 9.17) is 11.6 Å². The molecule has 0 aliphatic heterocycles. The van der Waals surface area contributed by atoms with Crippen LogP contribution < -0.4 is 5.32 Å². The maximum atomic E-state index is 6.12. The van der Waals surface area contributed by atoms with E-state index in [1.54, 1.807) is 0 Å². The summed E-state index contributed by atoms with van der Waals surface area (Å²) in [7, 11) is 0. The van der Waals surface area contributed by atoms with Crippen LogP contribution in [-0.4, -0.2) is 16.5 Å². The number of imidazole rings is 1. The number of aryl methyl sites for hydroxylation is 1. The normalized spacial score (nSPS) is 11.1. The summed E-state index contributed by atoms with van der Waals surface area (Å²) in [5.41, 5.74) is 3.29. The first-order chi connectivity index (χ1) is 10.3. The number of H-pyrrole nitrogens is 1. The Morgan fingerprint density at radius 1 is 1.05 bits per heavy atom. The predicted octanol–water partition coefficient (Wildman–Crippen LogP) is 3.94. The zero-order chi connectivity index (χ0) is 14.5. The number of aromatic nitrogens is 2. The second-order valence-electron chi connectivity index (χ2n) is 5.07. The van der Waals surface area contributed by atoms with Gasteiger partial charge < -0.3 is 10.3 Å². The lowest BCUT2D eigenvalue weighted by Crippen LogP contribution is -2.15. The van der Waals surface area contributed by atoms with Crippen LogP contribution in [0.25, 0.3) is 11.0 Å². The van der Waals surface area contributed by atoms with Gasteiger partial charge in [-0.2, -0.15) is 0 Å². The molecule has 2 N–H and O–H groups in total. The van der Waals surface area contributed by atoms with Crippen molar-refractivity contribution in [3.8, 4) is 0 Å². The largest absolute Gasteiger partial charge is 0.342 e. The number of halogens is 1. The van der Waals surface area contributed by atoms with Crippen molar-refractivity contribution in [1.29, 1.82) is 0 Å².